The van der Waals surface area contributed by atoms with Crippen LogP contribution in [0.4, 0.5) is 0 Å². The maximum Gasteiger partial charge on any atom is 0.266 e. The summed E-state index contributed by atoms with van der Waals surface area (Å²) >= 11 is 1.45. The number of oxazole rings is 1. The quantitative estimate of drug-likeness (QED) is 0.166. The van der Waals surface area contributed by atoms with Crippen molar-refractivity contribution in [1.29, 1.82) is 0 Å². The molecule has 8 heteroatoms. The molecule has 0 N–H and O–H groups in total. The third-order valence-electron chi connectivity index (χ3n) is 5.79. The van der Waals surface area contributed by atoms with Gasteiger partial charge in [-0.2, -0.15) is 0 Å². The second-order valence-electron chi connectivity index (χ2n) is 8.25. The molecule has 5 aromatic rings. The van der Waals surface area contributed by atoms with Crippen molar-refractivity contribution in [2.75, 3.05) is 13.2 Å². The molecule has 0 atom stereocenters. The monoisotopic (exact) mass is 513 g/mol. The number of hydrogen-bond acceptors (Lipinski definition) is 7. The van der Waals surface area contributed by atoms with E-state index in [1.54, 1.807) is 10.6 Å². The Hall–Kier alpha value is -4.04. The number of benzene rings is 3. The van der Waals surface area contributed by atoms with Crippen LogP contribution in [0.5, 0.6) is 11.5 Å². The van der Waals surface area contributed by atoms with Gasteiger partial charge in [0.25, 0.3) is 5.56 Å². The van der Waals surface area contributed by atoms with Gasteiger partial charge in [0, 0.05) is 11.3 Å². The Labute approximate surface area is 219 Å². The molecule has 0 radical (unpaired) electrons. The van der Waals surface area contributed by atoms with Crippen molar-refractivity contribution in [3.63, 3.8) is 0 Å². The lowest BCUT2D eigenvalue weighted by Crippen LogP contribution is -2.21. The van der Waals surface area contributed by atoms with E-state index in [4.69, 9.17) is 23.9 Å². The Morgan fingerprint density at radius 2 is 1.51 bits per heavy atom. The number of ether oxygens (including phenoxy) is 2. The van der Waals surface area contributed by atoms with Crippen molar-refractivity contribution in [3.8, 4) is 28.6 Å². The molecular weight excluding hydrogens is 486 g/mol. The molecule has 3 aromatic carbocycles. The smallest absolute Gasteiger partial charge is 0.266 e. The van der Waals surface area contributed by atoms with Crippen molar-refractivity contribution in [3.05, 3.63) is 94.6 Å². The zero-order valence-electron chi connectivity index (χ0n) is 20.9. The van der Waals surface area contributed by atoms with Crippen molar-refractivity contribution >= 4 is 22.7 Å². The second-order valence-corrected chi connectivity index (χ2v) is 9.19. The summed E-state index contributed by atoms with van der Waals surface area (Å²) < 4.78 is 18.7. The molecule has 0 bridgehead atoms. The van der Waals surface area contributed by atoms with Crippen LogP contribution in [-0.2, 0) is 5.75 Å². The van der Waals surface area contributed by atoms with Gasteiger partial charge in [0.2, 0.25) is 5.89 Å². The summed E-state index contributed by atoms with van der Waals surface area (Å²) in [6, 6.07) is 22.5. The van der Waals surface area contributed by atoms with Gasteiger partial charge >= 0.3 is 0 Å². The Kier molecular flexibility index (Phi) is 7.28. The number of aromatic nitrogens is 3. The van der Waals surface area contributed by atoms with Crippen LogP contribution in [0.25, 0.3) is 28.0 Å². The summed E-state index contributed by atoms with van der Waals surface area (Å²) in [5.41, 5.74) is 2.93. The average molecular weight is 514 g/mol. The summed E-state index contributed by atoms with van der Waals surface area (Å²) in [5.74, 6) is 3.33. The molecule has 0 aliphatic carbocycles. The fourth-order valence-corrected chi connectivity index (χ4v) is 4.99. The normalized spacial score (nSPS) is 11.1. The van der Waals surface area contributed by atoms with E-state index in [1.165, 1.54) is 11.8 Å². The largest absolute Gasteiger partial charge is 0.494 e. The second kappa shape index (κ2) is 10.9. The third-order valence-corrected chi connectivity index (χ3v) is 6.74. The van der Waals surface area contributed by atoms with E-state index >= 15 is 0 Å². The number of para-hydroxylation sites is 1. The standard InChI is InChI=1S/C29H27N3O4S/c1-4-34-22-14-10-20(11-15-22)27-30-26(19(3)36-27)18-37-29-31-25-9-7-6-8-24(25)28(33)32(29)21-12-16-23(17-13-21)35-5-2/h6-17H,4-5,18H2,1-3H3. The highest BCUT2D eigenvalue weighted by Gasteiger charge is 2.17. The fraction of sp³-hybridized carbons (Fsp3) is 0.207. The first-order valence-corrected chi connectivity index (χ1v) is 13.1. The molecule has 7 nitrogen and oxygen atoms in total. The third kappa shape index (κ3) is 5.24. The van der Waals surface area contributed by atoms with Gasteiger partial charge in [-0.25, -0.2) is 9.97 Å². The van der Waals surface area contributed by atoms with E-state index in [0.717, 1.165) is 34.2 Å². The lowest BCUT2D eigenvalue weighted by atomic mass is 10.2. The number of hydrogen-bond donors (Lipinski definition) is 0. The summed E-state index contributed by atoms with van der Waals surface area (Å²) in [5, 5.41) is 1.15. The minimum Gasteiger partial charge on any atom is -0.494 e. The molecule has 0 saturated carbocycles. The summed E-state index contributed by atoms with van der Waals surface area (Å²) in [7, 11) is 0. The Bertz CT molecular complexity index is 1570. The Balaban J connectivity index is 1.47. The molecule has 0 unspecified atom stereocenters. The Morgan fingerprint density at radius 3 is 2.19 bits per heavy atom. The van der Waals surface area contributed by atoms with Gasteiger partial charge < -0.3 is 13.9 Å². The van der Waals surface area contributed by atoms with Crippen LogP contribution in [0, 0.1) is 6.92 Å². The topological polar surface area (TPSA) is 79.4 Å². The number of rotatable bonds is 9. The molecule has 0 saturated heterocycles. The molecule has 5 rings (SSSR count). The molecule has 2 heterocycles. The molecular formula is C29H27N3O4S. The minimum atomic E-state index is -0.121. The first kappa shape index (κ1) is 24.6. The van der Waals surface area contributed by atoms with Gasteiger partial charge in [0.15, 0.2) is 5.16 Å². The van der Waals surface area contributed by atoms with Gasteiger partial charge in [-0.15, -0.1) is 0 Å². The van der Waals surface area contributed by atoms with Crippen LogP contribution in [0.15, 0.2) is 87.2 Å². The molecule has 0 fully saturated rings. The van der Waals surface area contributed by atoms with Crippen LogP contribution in [0.2, 0.25) is 0 Å². The first-order chi connectivity index (χ1) is 18.1. The fourth-order valence-electron chi connectivity index (χ4n) is 3.97. The summed E-state index contributed by atoms with van der Waals surface area (Å²) in [6.07, 6.45) is 0. The number of aryl methyl sites for hydroxylation is 1. The lowest BCUT2D eigenvalue weighted by molar-refractivity contribution is 0.340. The Morgan fingerprint density at radius 1 is 0.865 bits per heavy atom. The highest BCUT2D eigenvalue weighted by Crippen LogP contribution is 2.29. The SMILES string of the molecule is CCOc1ccc(-c2nc(CSc3nc4ccccc4c(=O)n3-c3ccc(OCC)cc3)c(C)o2)cc1. The zero-order valence-corrected chi connectivity index (χ0v) is 21.7. The molecule has 0 aliphatic heterocycles. The number of fused-ring (bicyclic) bond motifs is 1. The van der Waals surface area contributed by atoms with Crippen LogP contribution in [0.3, 0.4) is 0 Å². The average Bonchev–Trinajstić information content (AvgIpc) is 3.29. The molecule has 0 amide bonds. The molecule has 2 aromatic heterocycles. The highest BCUT2D eigenvalue weighted by atomic mass is 32.2. The van der Waals surface area contributed by atoms with Crippen LogP contribution in [0.1, 0.15) is 25.3 Å². The van der Waals surface area contributed by atoms with Gasteiger partial charge in [0.1, 0.15) is 17.3 Å². The van der Waals surface area contributed by atoms with Crippen LogP contribution < -0.4 is 15.0 Å². The van der Waals surface area contributed by atoms with E-state index < -0.39 is 0 Å². The van der Waals surface area contributed by atoms with Crippen molar-refractivity contribution in [2.24, 2.45) is 0 Å². The van der Waals surface area contributed by atoms with Crippen LogP contribution >= 0.6 is 11.8 Å². The van der Waals surface area contributed by atoms with Gasteiger partial charge in [-0.05, 0) is 81.4 Å². The van der Waals surface area contributed by atoms with Crippen molar-refractivity contribution in [2.45, 2.75) is 31.7 Å². The predicted octanol–water partition coefficient (Wildman–Crippen LogP) is 6.44. The molecule has 37 heavy (non-hydrogen) atoms. The summed E-state index contributed by atoms with van der Waals surface area (Å²) in [4.78, 5) is 23.1. The van der Waals surface area contributed by atoms with Gasteiger partial charge in [-0.3, -0.25) is 9.36 Å². The van der Waals surface area contributed by atoms with E-state index in [9.17, 15) is 4.79 Å². The van der Waals surface area contributed by atoms with Gasteiger partial charge in [0.05, 0.1) is 35.5 Å². The maximum absolute atomic E-state index is 13.5. The van der Waals surface area contributed by atoms with E-state index in [0.29, 0.717) is 40.9 Å². The molecule has 0 spiro atoms. The van der Waals surface area contributed by atoms with Crippen molar-refractivity contribution < 1.29 is 13.9 Å². The van der Waals surface area contributed by atoms with E-state index in [1.807, 2.05) is 87.5 Å². The van der Waals surface area contributed by atoms with Crippen LogP contribution in [-0.4, -0.2) is 27.7 Å². The van der Waals surface area contributed by atoms with E-state index in [2.05, 4.69) is 0 Å². The van der Waals surface area contributed by atoms with Crippen molar-refractivity contribution in [1.82, 2.24) is 14.5 Å². The number of nitrogens with zero attached hydrogens (tertiary/aromatic N) is 3. The number of thioether (sulfide) groups is 1. The predicted molar refractivity (Wildman–Crippen MR) is 146 cm³/mol. The van der Waals surface area contributed by atoms with Gasteiger partial charge in [-0.1, -0.05) is 23.9 Å². The molecule has 188 valence electrons. The zero-order chi connectivity index (χ0) is 25.8. The maximum atomic E-state index is 13.5. The first-order valence-electron chi connectivity index (χ1n) is 12.1. The summed E-state index contributed by atoms with van der Waals surface area (Å²) in [6.45, 7) is 6.98. The lowest BCUT2D eigenvalue weighted by Gasteiger charge is -2.13. The minimum absolute atomic E-state index is 0.121. The highest BCUT2D eigenvalue weighted by molar-refractivity contribution is 7.98. The van der Waals surface area contributed by atoms with E-state index in [-0.39, 0.29) is 5.56 Å². The molecule has 0 aliphatic rings.